The maximum absolute atomic E-state index is 13.7. The van der Waals surface area contributed by atoms with Crippen LogP contribution in [0.25, 0.3) is 0 Å². The summed E-state index contributed by atoms with van der Waals surface area (Å²) in [6.07, 6.45) is 0. The monoisotopic (exact) mass is 307 g/mol. The van der Waals surface area contributed by atoms with Gasteiger partial charge >= 0.3 is 0 Å². The van der Waals surface area contributed by atoms with Gasteiger partial charge in [-0.15, -0.1) is 0 Å². The molecule has 0 aliphatic rings. The molecule has 0 heterocycles. The third kappa shape index (κ3) is 4.73. The van der Waals surface area contributed by atoms with Crippen molar-refractivity contribution in [1.82, 2.24) is 5.32 Å². The van der Waals surface area contributed by atoms with Crippen molar-refractivity contribution in [3.63, 3.8) is 0 Å². The molecule has 2 aromatic carbocycles. The van der Waals surface area contributed by atoms with Gasteiger partial charge in [-0.05, 0) is 23.3 Å². The molecule has 0 fully saturated rings. The minimum absolute atomic E-state index is 0.0717. The minimum atomic E-state index is -0.517. The molecule has 0 spiro atoms. The number of hydrogen-bond donors (Lipinski definition) is 1. The molecule has 112 valence electrons. The van der Waals surface area contributed by atoms with Gasteiger partial charge in [-0.2, -0.15) is 0 Å². The molecule has 4 heteroatoms. The highest BCUT2D eigenvalue weighted by molar-refractivity contribution is 6.30. The standard InChI is InChI=1S/C17H19ClFNO/c1-12(2)20-10-13-5-3-6-14(9-13)11-21-16-8-4-7-15(18)17(16)19/h3-9,12,20H,10-11H2,1-2H3. The molecular formula is C17H19ClFNO. The molecule has 0 saturated heterocycles. The van der Waals surface area contributed by atoms with Crippen LogP contribution in [0.2, 0.25) is 5.02 Å². The molecular weight excluding hydrogens is 289 g/mol. The van der Waals surface area contributed by atoms with E-state index in [0.717, 1.165) is 12.1 Å². The Labute approximate surface area is 129 Å². The highest BCUT2D eigenvalue weighted by atomic mass is 35.5. The summed E-state index contributed by atoms with van der Waals surface area (Å²) in [6.45, 7) is 5.33. The lowest BCUT2D eigenvalue weighted by atomic mass is 10.1. The third-order valence-electron chi connectivity index (χ3n) is 3.02. The van der Waals surface area contributed by atoms with E-state index in [4.69, 9.17) is 16.3 Å². The molecule has 0 unspecified atom stereocenters. The summed E-state index contributed by atoms with van der Waals surface area (Å²) in [5.74, 6) is -0.343. The molecule has 0 aliphatic carbocycles. The molecule has 1 N–H and O–H groups in total. The molecule has 0 aliphatic heterocycles. The largest absolute Gasteiger partial charge is 0.486 e. The Bertz CT molecular complexity index is 601. The van der Waals surface area contributed by atoms with Crippen LogP contribution in [0.3, 0.4) is 0 Å². The first-order valence-electron chi connectivity index (χ1n) is 6.94. The van der Waals surface area contributed by atoms with Gasteiger partial charge in [0.2, 0.25) is 0 Å². The van der Waals surface area contributed by atoms with Gasteiger partial charge in [-0.25, -0.2) is 4.39 Å². The predicted molar refractivity (Wildman–Crippen MR) is 84.2 cm³/mol. The molecule has 0 radical (unpaired) electrons. The van der Waals surface area contributed by atoms with E-state index in [1.807, 2.05) is 12.1 Å². The van der Waals surface area contributed by atoms with Crippen molar-refractivity contribution in [1.29, 1.82) is 0 Å². The summed E-state index contributed by atoms with van der Waals surface area (Å²) in [5.41, 5.74) is 2.17. The second kappa shape index (κ2) is 7.43. The number of rotatable bonds is 6. The zero-order chi connectivity index (χ0) is 15.2. The first kappa shape index (κ1) is 15.8. The Hall–Kier alpha value is -1.58. The van der Waals surface area contributed by atoms with E-state index in [0.29, 0.717) is 12.6 Å². The van der Waals surface area contributed by atoms with Crippen LogP contribution >= 0.6 is 11.6 Å². The molecule has 0 atom stereocenters. The summed E-state index contributed by atoms with van der Waals surface area (Å²) in [5, 5.41) is 3.43. The number of ether oxygens (including phenoxy) is 1. The van der Waals surface area contributed by atoms with Gasteiger partial charge in [0.1, 0.15) is 6.61 Å². The fourth-order valence-electron chi connectivity index (χ4n) is 1.91. The lowest BCUT2D eigenvalue weighted by Gasteiger charge is -2.11. The van der Waals surface area contributed by atoms with Crippen molar-refractivity contribution in [3.05, 3.63) is 64.4 Å². The lowest BCUT2D eigenvalue weighted by molar-refractivity contribution is 0.290. The summed E-state index contributed by atoms with van der Waals surface area (Å²) in [6, 6.07) is 13.2. The van der Waals surface area contributed by atoms with Crippen molar-refractivity contribution < 1.29 is 9.13 Å². The Kier molecular flexibility index (Phi) is 5.59. The molecule has 2 aromatic rings. The Morgan fingerprint density at radius 3 is 2.62 bits per heavy atom. The molecule has 0 aromatic heterocycles. The molecule has 21 heavy (non-hydrogen) atoms. The van der Waals surface area contributed by atoms with Crippen molar-refractivity contribution in [3.8, 4) is 5.75 Å². The van der Waals surface area contributed by atoms with Crippen LogP contribution < -0.4 is 10.1 Å². The average Bonchev–Trinajstić information content (AvgIpc) is 2.47. The molecule has 2 nitrogen and oxygen atoms in total. The second-order valence-electron chi connectivity index (χ2n) is 5.20. The Morgan fingerprint density at radius 2 is 1.86 bits per heavy atom. The topological polar surface area (TPSA) is 21.3 Å². The minimum Gasteiger partial charge on any atom is -0.486 e. The number of halogens is 2. The summed E-state index contributed by atoms with van der Waals surface area (Å²) in [4.78, 5) is 0. The lowest BCUT2D eigenvalue weighted by Crippen LogP contribution is -2.21. The molecule has 0 bridgehead atoms. The van der Waals surface area contributed by atoms with Crippen molar-refractivity contribution in [2.45, 2.75) is 33.0 Å². The Morgan fingerprint density at radius 1 is 1.14 bits per heavy atom. The van der Waals surface area contributed by atoms with Gasteiger partial charge in [-0.1, -0.05) is 55.8 Å². The van der Waals surface area contributed by atoms with E-state index in [2.05, 4.69) is 31.3 Å². The van der Waals surface area contributed by atoms with Gasteiger partial charge in [0.15, 0.2) is 11.6 Å². The SMILES string of the molecule is CC(C)NCc1cccc(COc2cccc(Cl)c2F)c1. The summed E-state index contributed by atoms with van der Waals surface area (Å²) >= 11 is 5.73. The van der Waals surface area contributed by atoms with Crippen LogP contribution in [0.15, 0.2) is 42.5 Å². The first-order valence-corrected chi connectivity index (χ1v) is 7.32. The predicted octanol–water partition coefficient (Wildman–Crippen LogP) is 4.56. The van der Waals surface area contributed by atoms with Crippen LogP contribution in [0.1, 0.15) is 25.0 Å². The zero-order valence-electron chi connectivity index (χ0n) is 12.2. The molecule has 0 amide bonds. The van der Waals surface area contributed by atoms with Crippen LogP contribution in [-0.4, -0.2) is 6.04 Å². The number of benzene rings is 2. The van der Waals surface area contributed by atoms with Crippen LogP contribution in [0, 0.1) is 5.82 Å². The van der Waals surface area contributed by atoms with Gasteiger partial charge < -0.3 is 10.1 Å². The highest BCUT2D eigenvalue weighted by Crippen LogP contribution is 2.24. The van der Waals surface area contributed by atoms with Crippen molar-refractivity contribution in [2.75, 3.05) is 0 Å². The van der Waals surface area contributed by atoms with E-state index in [1.54, 1.807) is 12.1 Å². The average molecular weight is 308 g/mol. The molecule has 2 rings (SSSR count). The fourth-order valence-corrected chi connectivity index (χ4v) is 2.07. The molecule has 0 saturated carbocycles. The maximum atomic E-state index is 13.7. The Balaban J connectivity index is 2.00. The zero-order valence-corrected chi connectivity index (χ0v) is 13.0. The van der Waals surface area contributed by atoms with Crippen molar-refractivity contribution >= 4 is 11.6 Å². The first-order chi connectivity index (χ1) is 10.1. The van der Waals surface area contributed by atoms with Gasteiger partial charge in [0.25, 0.3) is 0 Å². The van der Waals surface area contributed by atoms with Gasteiger partial charge in [0, 0.05) is 12.6 Å². The smallest absolute Gasteiger partial charge is 0.183 e. The summed E-state index contributed by atoms with van der Waals surface area (Å²) in [7, 11) is 0. The number of nitrogens with one attached hydrogen (secondary N) is 1. The normalized spacial score (nSPS) is 10.9. The summed E-state index contributed by atoms with van der Waals surface area (Å²) < 4.78 is 19.2. The van der Waals surface area contributed by atoms with E-state index in [9.17, 15) is 4.39 Å². The van der Waals surface area contributed by atoms with E-state index in [1.165, 1.54) is 11.6 Å². The second-order valence-corrected chi connectivity index (χ2v) is 5.60. The third-order valence-corrected chi connectivity index (χ3v) is 3.31. The van der Waals surface area contributed by atoms with Gasteiger partial charge in [0.05, 0.1) is 5.02 Å². The maximum Gasteiger partial charge on any atom is 0.183 e. The van der Waals surface area contributed by atoms with Crippen molar-refractivity contribution in [2.24, 2.45) is 0 Å². The van der Waals surface area contributed by atoms with Crippen LogP contribution in [0.5, 0.6) is 5.75 Å². The van der Waals surface area contributed by atoms with E-state index in [-0.39, 0.29) is 10.8 Å². The highest BCUT2D eigenvalue weighted by Gasteiger charge is 2.07. The van der Waals surface area contributed by atoms with E-state index < -0.39 is 5.82 Å². The quantitative estimate of drug-likeness (QED) is 0.845. The van der Waals surface area contributed by atoms with E-state index >= 15 is 0 Å². The van der Waals surface area contributed by atoms with Crippen LogP contribution in [0.4, 0.5) is 4.39 Å². The van der Waals surface area contributed by atoms with Crippen LogP contribution in [-0.2, 0) is 13.2 Å². The van der Waals surface area contributed by atoms with Gasteiger partial charge in [-0.3, -0.25) is 0 Å². The fraction of sp³-hybridized carbons (Fsp3) is 0.294. The number of hydrogen-bond acceptors (Lipinski definition) is 2.